The van der Waals surface area contributed by atoms with Crippen molar-refractivity contribution in [3.63, 3.8) is 0 Å². The molecule has 0 bridgehead atoms. The van der Waals surface area contributed by atoms with Crippen molar-refractivity contribution < 1.29 is 37.4 Å². The number of amides is 2. The molecule has 11 nitrogen and oxygen atoms in total. The van der Waals surface area contributed by atoms with Crippen LogP contribution in [0.25, 0.3) is 0 Å². The predicted molar refractivity (Wildman–Crippen MR) is 289 cm³/mol. The molecule has 7 rings (SSSR count). The first-order chi connectivity index (χ1) is 34.4. The van der Waals surface area contributed by atoms with E-state index in [2.05, 4.69) is 0 Å². The molecule has 4 aromatic rings. The average Bonchev–Trinajstić information content (AvgIpc) is 4.19. The number of piperidine rings is 2. The number of hydrogen-bond acceptors (Lipinski definition) is 8. The van der Waals surface area contributed by atoms with Crippen molar-refractivity contribution in [3.05, 3.63) is 139 Å². The Morgan fingerprint density at radius 2 is 1.12 bits per heavy atom. The van der Waals surface area contributed by atoms with Gasteiger partial charge in [-0.1, -0.05) is 123 Å². The number of carbonyl (C=O) groups is 4. The highest BCUT2D eigenvalue weighted by Gasteiger charge is 2.55. The van der Waals surface area contributed by atoms with E-state index in [1.165, 1.54) is 4.31 Å². The van der Waals surface area contributed by atoms with Crippen molar-refractivity contribution in [3.8, 4) is 0 Å². The lowest BCUT2D eigenvalue weighted by atomic mass is 9.66. The number of benzene rings is 4. The molecule has 3 fully saturated rings. The summed E-state index contributed by atoms with van der Waals surface area (Å²) in [6, 6.07) is 27.5. The largest absolute Gasteiger partial charge is 0.393 e. The number of likely N-dealkylation sites (tertiary alicyclic amines) is 2. The zero-order valence-corrected chi connectivity index (χ0v) is 46.7. The lowest BCUT2D eigenvalue weighted by molar-refractivity contribution is -0.172. The van der Waals surface area contributed by atoms with Gasteiger partial charge in [-0.25, -0.2) is 12.7 Å². The fraction of sp³-hybridized carbons (Fsp3) is 0.509. The highest BCUT2D eigenvalue weighted by molar-refractivity contribution is 7.90. The van der Waals surface area contributed by atoms with Crippen LogP contribution in [0.5, 0.6) is 0 Å². The van der Waals surface area contributed by atoms with Gasteiger partial charge >= 0.3 is 11.9 Å². The zero-order valence-electron chi connectivity index (χ0n) is 42.8. The molecule has 8 unspecified atom stereocenters. The summed E-state index contributed by atoms with van der Waals surface area (Å²) >= 11 is 26.1. The van der Waals surface area contributed by atoms with Crippen LogP contribution < -0.4 is 0 Å². The first-order valence-electron chi connectivity index (χ1n) is 25.5. The Bertz CT molecular complexity index is 2750. The summed E-state index contributed by atoms with van der Waals surface area (Å²) in [6.07, 6.45) is 3.32. The number of likely N-dealkylation sites (N-methyl/N-ethyl adjacent to an activating group) is 1. The molecule has 4 aromatic carbocycles. The van der Waals surface area contributed by atoms with Gasteiger partial charge in [-0.2, -0.15) is 0 Å². The van der Waals surface area contributed by atoms with E-state index < -0.39 is 86.4 Å². The van der Waals surface area contributed by atoms with Gasteiger partial charge in [-0.05, 0) is 142 Å². The summed E-state index contributed by atoms with van der Waals surface area (Å²) < 4.78 is 34.2. The Kier molecular flexibility index (Phi) is 17.9. The van der Waals surface area contributed by atoms with Crippen molar-refractivity contribution in [2.45, 2.75) is 159 Å². The molecule has 2 aliphatic heterocycles. The van der Waals surface area contributed by atoms with Gasteiger partial charge in [0.2, 0.25) is 21.8 Å². The van der Waals surface area contributed by atoms with Crippen LogP contribution in [0.4, 0.5) is 0 Å². The van der Waals surface area contributed by atoms with E-state index in [0.717, 1.165) is 22.3 Å². The highest BCUT2D eigenvalue weighted by atomic mass is 35.5. The normalized spacial score (nSPS) is 24.7. The maximum absolute atomic E-state index is 15.5. The van der Waals surface area contributed by atoms with Crippen molar-refractivity contribution in [1.82, 2.24) is 14.1 Å². The molecular formula is C57H69Cl4N3O8S. The van der Waals surface area contributed by atoms with Gasteiger partial charge in [-0.15, -0.1) is 0 Å². The van der Waals surface area contributed by atoms with Crippen molar-refractivity contribution in [2.75, 3.05) is 13.6 Å². The molecule has 0 aromatic heterocycles. The number of ether oxygens (including phenoxy) is 1. The third kappa shape index (κ3) is 13.2. The first-order valence-corrected chi connectivity index (χ1v) is 28.5. The Balaban J connectivity index is 1.22. The van der Waals surface area contributed by atoms with E-state index in [1.807, 2.05) is 79.4 Å². The molecule has 1 N–H and O–H groups in total. The van der Waals surface area contributed by atoms with Gasteiger partial charge in [0.05, 0.1) is 46.6 Å². The maximum atomic E-state index is 15.5. The Morgan fingerprint density at radius 3 is 1.51 bits per heavy atom. The molecule has 2 saturated heterocycles. The number of aliphatic hydroxyl groups is 1. The smallest absolute Gasteiger partial charge is 0.314 e. The molecule has 3 aliphatic rings. The summed E-state index contributed by atoms with van der Waals surface area (Å²) in [5, 5.41) is 12.2. The minimum atomic E-state index is -3.63. The summed E-state index contributed by atoms with van der Waals surface area (Å²) in [6.45, 7) is 10.9. The Labute approximate surface area is 451 Å². The number of esters is 2. The van der Waals surface area contributed by atoms with Crippen molar-refractivity contribution in [2.24, 2.45) is 10.8 Å². The number of halogens is 4. The topological polar surface area (TPSA) is 142 Å². The van der Waals surface area contributed by atoms with Gasteiger partial charge in [0.1, 0.15) is 0 Å². The van der Waals surface area contributed by atoms with Gasteiger partial charge < -0.3 is 19.6 Å². The number of hydrogen-bond donors (Lipinski definition) is 1. The first kappa shape index (κ1) is 56.7. The van der Waals surface area contributed by atoms with E-state index >= 15 is 9.59 Å². The predicted octanol–water partition coefficient (Wildman–Crippen LogP) is 12.9. The molecule has 1 saturated carbocycles. The lowest BCUT2D eigenvalue weighted by Gasteiger charge is -2.52. The van der Waals surface area contributed by atoms with Crippen LogP contribution in [0.15, 0.2) is 97.1 Å². The number of rotatable bonds is 20. The quantitative estimate of drug-likeness (QED) is 0.0681. The van der Waals surface area contributed by atoms with Crippen LogP contribution >= 0.6 is 46.4 Å². The van der Waals surface area contributed by atoms with Crippen LogP contribution in [-0.4, -0.2) is 87.9 Å². The highest BCUT2D eigenvalue weighted by Crippen LogP contribution is 2.55. The molecule has 73 heavy (non-hydrogen) atoms. The molecule has 16 heteroatoms. The SMILES string of the molecule is CCC(CCCC(C)(C)O)N1C(=O)C(C)(CC(=O)OC(=O)CC2(C)CC(c3cccc(Cl)c3)C(c3ccc(Cl)cc3)N(C(CC)CN(C)S(=O)(=O)C3CC3)C2=O)CC(c2cccc(Cl)c2)C1c1ccc(Cl)cc1. The molecule has 1 aliphatic carbocycles. The van der Waals surface area contributed by atoms with E-state index in [-0.39, 0.29) is 37.3 Å². The van der Waals surface area contributed by atoms with Crippen LogP contribution in [0, 0.1) is 10.8 Å². The summed E-state index contributed by atoms with van der Waals surface area (Å²) in [7, 11) is -2.08. The second-order valence-electron chi connectivity index (χ2n) is 21.8. The van der Waals surface area contributed by atoms with E-state index in [9.17, 15) is 23.1 Å². The third-order valence-electron chi connectivity index (χ3n) is 15.4. The summed E-state index contributed by atoms with van der Waals surface area (Å²) in [5.41, 5.74) is -0.413. The van der Waals surface area contributed by atoms with E-state index in [4.69, 9.17) is 51.1 Å². The fourth-order valence-electron chi connectivity index (χ4n) is 11.5. The van der Waals surface area contributed by atoms with Crippen LogP contribution in [0.3, 0.4) is 0 Å². The Morgan fingerprint density at radius 1 is 0.699 bits per heavy atom. The van der Waals surface area contributed by atoms with Crippen molar-refractivity contribution in [1.29, 1.82) is 0 Å². The number of nitrogens with zero attached hydrogens (tertiary/aromatic N) is 3. The van der Waals surface area contributed by atoms with Crippen LogP contribution in [0.2, 0.25) is 20.1 Å². The van der Waals surface area contributed by atoms with E-state index in [0.29, 0.717) is 65.0 Å². The monoisotopic (exact) mass is 1100 g/mol. The average molecular weight is 1100 g/mol. The second kappa shape index (κ2) is 23.1. The van der Waals surface area contributed by atoms with Gasteiger partial charge in [0, 0.05) is 57.6 Å². The van der Waals surface area contributed by atoms with Gasteiger partial charge in [-0.3, -0.25) is 19.2 Å². The lowest BCUT2D eigenvalue weighted by Crippen LogP contribution is -2.58. The van der Waals surface area contributed by atoms with Gasteiger partial charge in [0.15, 0.2) is 0 Å². The molecule has 0 radical (unpaired) electrons. The van der Waals surface area contributed by atoms with Crippen LogP contribution in [-0.2, 0) is 33.9 Å². The number of carbonyl (C=O) groups excluding carboxylic acids is 4. The van der Waals surface area contributed by atoms with Crippen molar-refractivity contribution >= 4 is 80.2 Å². The minimum absolute atomic E-state index is 0.0173. The molecule has 2 amide bonds. The minimum Gasteiger partial charge on any atom is -0.393 e. The summed E-state index contributed by atoms with van der Waals surface area (Å²) in [5.74, 6) is -3.31. The standard InChI is InChI=1S/C57H69Cl4N3O8S/c1-8-44(17-12-28-55(3,4)69)63-51(36-18-22-40(58)23-19-36)47(38-13-10-15-42(60)29-38)31-56(5,53(63)67)33-49(65)72-50(66)34-57(6)32-48(39-14-11-16-43(61)30-39)52(37-20-24-41(59)25-21-37)64(54(57)68)45(9-2)35-62(7)73(70,71)46-26-27-46/h10-11,13-16,18-25,29-30,44-48,51-52,69H,8-9,12,17,26-28,31-35H2,1-7H3. The zero-order chi connectivity index (χ0) is 53.2. The third-order valence-corrected chi connectivity index (χ3v) is 18.7. The van der Waals surface area contributed by atoms with Crippen LogP contribution in [0.1, 0.15) is 158 Å². The molecule has 2 heterocycles. The summed E-state index contributed by atoms with van der Waals surface area (Å²) in [4.78, 5) is 63.5. The molecular weight excluding hydrogens is 1030 g/mol. The molecule has 0 spiro atoms. The Hall–Kier alpha value is -4.01. The number of sulfonamides is 1. The molecule has 8 atom stereocenters. The second-order valence-corrected chi connectivity index (χ2v) is 25.9. The maximum Gasteiger partial charge on any atom is 0.314 e. The molecule has 394 valence electrons. The van der Waals surface area contributed by atoms with Gasteiger partial charge in [0.25, 0.3) is 0 Å². The fourth-order valence-corrected chi connectivity index (χ4v) is 13.7. The van der Waals surface area contributed by atoms with E-state index in [1.54, 1.807) is 76.0 Å².